The van der Waals surface area contributed by atoms with Gasteiger partial charge in [-0.15, -0.1) is 0 Å². The van der Waals surface area contributed by atoms with Crippen LogP contribution in [-0.4, -0.2) is 31.6 Å². The van der Waals surface area contributed by atoms with Crippen molar-refractivity contribution in [2.75, 3.05) is 11.9 Å². The summed E-state index contributed by atoms with van der Waals surface area (Å²) >= 11 is 1.40. The number of nitrogens with one attached hydrogen (secondary N) is 1. The minimum atomic E-state index is -0.402. The monoisotopic (exact) mass is 320 g/mol. The van der Waals surface area contributed by atoms with E-state index in [0.29, 0.717) is 17.4 Å². The maximum atomic E-state index is 11.4. The van der Waals surface area contributed by atoms with Gasteiger partial charge in [-0.2, -0.15) is 9.47 Å². The smallest absolute Gasteiger partial charge is 0.252 e. The number of fused-ring (bicyclic) bond motifs is 1. The second-order valence-electron chi connectivity index (χ2n) is 5.94. The molecule has 3 N–H and O–H groups in total. The maximum Gasteiger partial charge on any atom is 0.252 e. The fourth-order valence-corrected chi connectivity index (χ4v) is 3.37. The first-order chi connectivity index (χ1) is 10.5. The number of hydrogen-bond acceptors (Lipinski definition) is 6. The van der Waals surface area contributed by atoms with E-state index < -0.39 is 5.91 Å². The third kappa shape index (κ3) is 2.96. The molecule has 0 unspecified atom stereocenters. The maximum absolute atomic E-state index is 11.4. The van der Waals surface area contributed by atoms with E-state index in [9.17, 15) is 4.79 Å². The Balaban J connectivity index is 1.62. The molecular weight excluding hydrogens is 300 g/mol. The van der Waals surface area contributed by atoms with Crippen molar-refractivity contribution in [1.82, 2.24) is 19.1 Å². The van der Waals surface area contributed by atoms with Gasteiger partial charge in [-0.25, -0.2) is 4.98 Å². The first-order valence-corrected chi connectivity index (χ1v) is 8.24. The van der Waals surface area contributed by atoms with Crippen LogP contribution in [0.25, 0.3) is 0 Å². The number of amides is 1. The van der Waals surface area contributed by atoms with Gasteiger partial charge in [0.05, 0.1) is 17.5 Å². The summed E-state index contributed by atoms with van der Waals surface area (Å²) in [4.78, 5) is 15.9. The summed E-state index contributed by atoms with van der Waals surface area (Å²) in [6.07, 6.45) is 3.41. The van der Waals surface area contributed by atoms with Gasteiger partial charge in [0.2, 0.25) is 5.13 Å². The lowest BCUT2D eigenvalue weighted by Crippen LogP contribution is -2.27. The molecule has 1 amide bonds. The Morgan fingerprint density at radius 1 is 1.59 bits per heavy atom. The van der Waals surface area contributed by atoms with Crippen molar-refractivity contribution < 1.29 is 4.79 Å². The van der Waals surface area contributed by atoms with Crippen LogP contribution in [0.2, 0.25) is 0 Å². The van der Waals surface area contributed by atoms with Crippen LogP contribution in [0.4, 0.5) is 5.13 Å². The Hall–Kier alpha value is -1.96. The van der Waals surface area contributed by atoms with E-state index in [-0.39, 0.29) is 0 Å². The summed E-state index contributed by atoms with van der Waals surface area (Å²) < 4.78 is 6.22. The zero-order chi connectivity index (χ0) is 15.7. The lowest BCUT2D eigenvalue weighted by Gasteiger charge is -2.23. The van der Waals surface area contributed by atoms with Crippen LogP contribution >= 0.6 is 11.5 Å². The van der Waals surface area contributed by atoms with Crippen LogP contribution in [0.5, 0.6) is 0 Å². The van der Waals surface area contributed by atoms with Crippen molar-refractivity contribution in [1.29, 1.82) is 0 Å². The molecular formula is C14H20N6OS. The molecule has 0 spiro atoms. The molecule has 7 nitrogen and oxygen atoms in total. The van der Waals surface area contributed by atoms with E-state index in [1.54, 1.807) is 6.20 Å². The van der Waals surface area contributed by atoms with Gasteiger partial charge in [0.1, 0.15) is 5.82 Å². The molecule has 118 valence electrons. The van der Waals surface area contributed by atoms with Gasteiger partial charge in [0.25, 0.3) is 5.91 Å². The van der Waals surface area contributed by atoms with Crippen molar-refractivity contribution in [2.24, 2.45) is 11.7 Å². The van der Waals surface area contributed by atoms with E-state index in [2.05, 4.69) is 33.6 Å². The minimum Gasteiger partial charge on any atom is -0.365 e. The topological polar surface area (TPSA) is 98.7 Å². The van der Waals surface area contributed by atoms with E-state index in [4.69, 9.17) is 5.73 Å². The van der Waals surface area contributed by atoms with Crippen LogP contribution < -0.4 is 11.1 Å². The fraction of sp³-hybridized carbons (Fsp3) is 0.571. The molecule has 1 atom stereocenters. The van der Waals surface area contributed by atoms with Crippen molar-refractivity contribution >= 4 is 22.6 Å². The van der Waals surface area contributed by atoms with Gasteiger partial charge < -0.3 is 11.1 Å². The van der Waals surface area contributed by atoms with Crippen LogP contribution in [0.15, 0.2) is 6.20 Å². The average Bonchev–Trinajstić information content (AvgIpc) is 3.11. The summed E-state index contributed by atoms with van der Waals surface area (Å²) in [5.41, 5.74) is 6.89. The Morgan fingerprint density at radius 3 is 3.09 bits per heavy atom. The number of nitrogens with zero attached hydrogens (tertiary/aromatic N) is 4. The lowest BCUT2D eigenvalue weighted by molar-refractivity contribution is 0.0998. The largest absolute Gasteiger partial charge is 0.365 e. The van der Waals surface area contributed by atoms with Crippen molar-refractivity contribution in [2.45, 2.75) is 39.2 Å². The second-order valence-corrected chi connectivity index (χ2v) is 6.70. The third-order valence-electron chi connectivity index (χ3n) is 3.95. The molecule has 0 bridgehead atoms. The van der Waals surface area contributed by atoms with Crippen LogP contribution in [0.1, 0.15) is 48.1 Å². The van der Waals surface area contributed by atoms with E-state index in [1.165, 1.54) is 11.5 Å². The normalized spacial score (nSPS) is 17.5. The van der Waals surface area contributed by atoms with Gasteiger partial charge in [-0.05, 0) is 18.8 Å². The average molecular weight is 320 g/mol. The summed E-state index contributed by atoms with van der Waals surface area (Å²) in [5, 5.41) is 8.45. The van der Waals surface area contributed by atoms with Crippen LogP contribution in [0.3, 0.4) is 0 Å². The molecule has 8 heteroatoms. The fourth-order valence-electron chi connectivity index (χ4n) is 2.65. The first kappa shape index (κ1) is 15.0. The molecule has 0 saturated carbocycles. The molecule has 0 saturated heterocycles. The third-order valence-corrected chi connectivity index (χ3v) is 4.63. The zero-order valence-electron chi connectivity index (χ0n) is 12.7. The molecule has 0 radical (unpaired) electrons. The zero-order valence-corrected chi connectivity index (χ0v) is 13.6. The molecule has 2 aromatic heterocycles. The van der Waals surface area contributed by atoms with Crippen LogP contribution in [0, 0.1) is 5.92 Å². The van der Waals surface area contributed by atoms with E-state index in [0.717, 1.165) is 42.6 Å². The van der Waals surface area contributed by atoms with E-state index in [1.807, 2.05) is 4.68 Å². The molecule has 0 fully saturated rings. The highest BCUT2D eigenvalue weighted by Gasteiger charge is 2.24. The highest BCUT2D eigenvalue weighted by atomic mass is 32.1. The number of primary amides is 1. The molecule has 22 heavy (non-hydrogen) atoms. The number of carbonyl (C=O) groups is 1. The second kappa shape index (κ2) is 6.04. The van der Waals surface area contributed by atoms with Gasteiger partial charge >= 0.3 is 0 Å². The highest BCUT2D eigenvalue weighted by molar-refractivity contribution is 7.09. The van der Waals surface area contributed by atoms with E-state index >= 15 is 0 Å². The number of hydrogen-bond donors (Lipinski definition) is 2. The molecule has 1 aliphatic rings. The van der Waals surface area contributed by atoms with Crippen molar-refractivity contribution in [3.8, 4) is 0 Å². The molecule has 2 aromatic rings. The Kier molecular flexibility index (Phi) is 4.10. The predicted octanol–water partition coefficient (Wildman–Crippen LogP) is 1.63. The van der Waals surface area contributed by atoms with Gasteiger partial charge in [-0.3, -0.25) is 9.48 Å². The summed E-state index contributed by atoms with van der Waals surface area (Å²) in [6.45, 7) is 5.80. The Bertz CT molecular complexity index is 677. The Labute approximate surface area is 133 Å². The van der Waals surface area contributed by atoms with Crippen molar-refractivity contribution in [3.05, 3.63) is 23.3 Å². The lowest BCUT2D eigenvalue weighted by atomic mass is 9.94. The first-order valence-electron chi connectivity index (χ1n) is 7.46. The van der Waals surface area contributed by atoms with Crippen LogP contribution in [-0.2, 0) is 13.0 Å². The quantitative estimate of drug-likeness (QED) is 0.872. The summed E-state index contributed by atoms with van der Waals surface area (Å²) in [5.74, 6) is 1.26. The van der Waals surface area contributed by atoms with Crippen molar-refractivity contribution in [3.63, 3.8) is 0 Å². The number of rotatable bonds is 5. The number of nitrogens with two attached hydrogens (primary N) is 1. The number of aryl methyl sites for hydroxylation is 1. The number of aromatic nitrogens is 4. The molecule has 0 aliphatic carbocycles. The SMILES string of the molecule is CC(C)c1nsc(NC[C@@H]2CCn3ncc(C(N)=O)c3C2)n1. The predicted molar refractivity (Wildman–Crippen MR) is 85.0 cm³/mol. The standard InChI is InChI=1S/C14H20N6OS/c1-8(2)13-18-14(22-19-13)16-6-9-3-4-20-11(5-9)10(7-17-20)12(15)21/h7-9H,3-6H2,1-2H3,(H2,15,21)(H,16,18,19)/t9-/m1/s1. The molecule has 0 aromatic carbocycles. The molecule has 3 rings (SSSR count). The summed E-state index contributed by atoms with van der Waals surface area (Å²) in [6, 6.07) is 0. The minimum absolute atomic E-state index is 0.342. The molecule has 3 heterocycles. The molecule has 1 aliphatic heterocycles. The van der Waals surface area contributed by atoms with Gasteiger partial charge in [0, 0.05) is 30.5 Å². The Morgan fingerprint density at radius 2 is 2.41 bits per heavy atom. The van der Waals surface area contributed by atoms with Gasteiger partial charge in [-0.1, -0.05) is 13.8 Å². The summed E-state index contributed by atoms with van der Waals surface area (Å²) in [7, 11) is 0. The number of anilines is 1. The number of carbonyl (C=O) groups excluding carboxylic acids is 1. The van der Waals surface area contributed by atoms with Gasteiger partial charge in [0.15, 0.2) is 0 Å². The highest BCUT2D eigenvalue weighted by Crippen LogP contribution is 2.24.